The van der Waals surface area contributed by atoms with E-state index >= 15 is 0 Å². The lowest BCUT2D eigenvalue weighted by Crippen LogP contribution is -2.23. The number of anilines is 1. The molecule has 2 atom stereocenters. The summed E-state index contributed by atoms with van der Waals surface area (Å²) in [5, 5.41) is 0. The summed E-state index contributed by atoms with van der Waals surface area (Å²) in [6, 6.07) is 1.82. The quantitative estimate of drug-likeness (QED) is 0.802. The van der Waals surface area contributed by atoms with Crippen molar-refractivity contribution in [1.82, 2.24) is 0 Å². The van der Waals surface area contributed by atoms with Gasteiger partial charge in [0.25, 0.3) is 0 Å². The van der Waals surface area contributed by atoms with Crippen LogP contribution in [0, 0.1) is 0 Å². The lowest BCUT2D eigenvalue weighted by molar-refractivity contribution is -0.00661. The van der Waals surface area contributed by atoms with Crippen LogP contribution in [0.4, 0.5) is 5.69 Å². The molecule has 1 aliphatic rings. The van der Waals surface area contributed by atoms with Gasteiger partial charge in [-0.3, -0.25) is 0 Å². The monoisotopic (exact) mass is 237 g/mol. The highest BCUT2D eigenvalue weighted by Crippen LogP contribution is 2.44. The number of hydrogen-bond acceptors (Lipinski definition) is 4. The molecule has 0 aliphatic carbocycles. The van der Waals surface area contributed by atoms with Gasteiger partial charge in [-0.15, -0.1) is 0 Å². The van der Waals surface area contributed by atoms with Crippen LogP contribution in [0.3, 0.4) is 0 Å². The van der Waals surface area contributed by atoms with Crippen LogP contribution in [0.15, 0.2) is 6.07 Å². The van der Waals surface area contributed by atoms with E-state index in [9.17, 15) is 0 Å². The predicted molar refractivity (Wildman–Crippen MR) is 66.6 cm³/mol. The first-order valence-electron chi connectivity index (χ1n) is 5.77. The third kappa shape index (κ3) is 1.93. The Morgan fingerprint density at radius 1 is 1.29 bits per heavy atom. The Balaban J connectivity index is 2.65. The molecule has 1 aromatic rings. The molecular formula is C13H19NO3. The van der Waals surface area contributed by atoms with E-state index in [1.807, 2.05) is 13.0 Å². The molecule has 0 spiro atoms. The second-order valence-electron chi connectivity index (χ2n) is 4.39. The van der Waals surface area contributed by atoms with Gasteiger partial charge in [-0.1, -0.05) is 0 Å². The van der Waals surface area contributed by atoms with Gasteiger partial charge < -0.3 is 19.9 Å². The third-order valence-corrected chi connectivity index (χ3v) is 3.17. The fourth-order valence-electron chi connectivity index (χ4n) is 2.52. The number of rotatable bonds is 2. The van der Waals surface area contributed by atoms with Gasteiger partial charge in [0.1, 0.15) is 11.5 Å². The van der Waals surface area contributed by atoms with E-state index in [-0.39, 0.29) is 12.2 Å². The summed E-state index contributed by atoms with van der Waals surface area (Å²) in [5.41, 5.74) is 8.72. The van der Waals surface area contributed by atoms with Crippen LogP contribution in [0.25, 0.3) is 0 Å². The van der Waals surface area contributed by atoms with Crippen molar-refractivity contribution in [2.45, 2.75) is 32.5 Å². The highest BCUT2D eigenvalue weighted by atomic mass is 16.5. The molecule has 0 saturated carbocycles. The van der Waals surface area contributed by atoms with Crippen molar-refractivity contribution in [3.05, 3.63) is 17.2 Å². The molecular weight excluding hydrogens is 218 g/mol. The smallest absolute Gasteiger partial charge is 0.148 e. The van der Waals surface area contributed by atoms with Gasteiger partial charge >= 0.3 is 0 Å². The highest BCUT2D eigenvalue weighted by molar-refractivity contribution is 5.65. The molecule has 1 aliphatic heterocycles. The van der Waals surface area contributed by atoms with Gasteiger partial charge in [0.15, 0.2) is 0 Å². The number of hydrogen-bond donors (Lipinski definition) is 1. The summed E-state index contributed by atoms with van der Waals surface area (Å²) in [7, 11) is 3.29. The molecule has 2 rings (SSSR count). The fourth-order valence-corrected chi connectivity index (χ4v) is 2.52. The summed E-state index contributed by atoms with van der Waals surface area (Å²) < 4.78 is 16.6. The summed E-state index contributed by atoms with van der Waals surface area (Å²) in [6.07, 6.45) is 0.972. The van der Waals surface area contributed by atoms with Gasteiger partial charge in [-0.25, -0.2) is 0 Å². The highest BCUT2D eigenvalue weighted by Gasteiger charge is 2.29. The number of methoxy groups -OCH3 is 2. The summed E-state index contributed by atoms with van der Waals surface area (Å²) in [6.45, 7) is 4.07. The second kappa shape index (κ2) is 4.45. The molecule has 0 bridgehead atoms. The van der Waals surface area contributed by atoms with E-state index in [0.717, 1.165) is 23.3 Å². The number of ether oxygens (including phenoxy) is 3. The molecule has 4 heteroatoms. The van der Waals surface area contributed by atoms with Crippen LogP contribution in [0.2, 0.25) is 0 Å². The molecule has 0 fully saturated rings. The first-order valence-corrected chi connectivity index (χ1v) is 5.77. The van der Waals surface area contributed by atoms with E-state index in [2.05, 4.69) is 6.92 Å². The Kier molecular flexibility index (Phi) is 3.15. The zero-order valence-electron chi connectivity index (χ0n) is 10.7. The van der Waals surface area contributed by atoms with Crippen molar-refractivity contribution in [3.8, 4) is 11.5 Å². The molecule has 94 valence electrons. The normalized spacial score (nSPS) is 23.1. The molecule has 0 amide bonds. The van der Waals surface area contributed by atoms with Crippen molar-refractivity contribution in [2.24, 2.45) is 0 Å². The Morgan fingerprint density at radius 2 is 2.00 bits per heavy atom. The zero-order chi connectivity index (χ0) is 12.6. The van der Waals surface area contributed by atoms with E-state index in [0.29, 0.717) is 11.4 Å². The average Bonchev–Trinajstić information content (AvgIpc) is 2.28. The SMILES string of the molecule is COc1cc(N)c(OC)c2c1C[C@H](C)O[C@@H]2C. The predicted octanol–water partition coefficient (Wildman–Crippen LogP) is 2.31. The fraction of sp³-hybridized carbons (Fsp3) is 0.538. The largest absolute Gasteiger partial charge is 0.496 e. The standard InChI is InChI=1S/C13H19NO3/c1-7-5-9-11(15-3)6-10(14)13(16-4)12(9)8(2)17-7/h6-8H,5,14H2,1-4H3/t7-,8+/m0/s1. The molecule has 1 heterocycles. The molecule has 0 unspecified atom stereocenters. The maximum atomic E-state index is 5.97. The van der Waals surface area contributed by atoms with Gasteiger partial charge in [0.05, 0.1) is 32.1 Å². The van der Waals surface area contributed by atoms with Gasteiger partial charge in [-0.05, 0) is 13.8 Å². The van der Waals surface area contributed by atoms with E-state index in [1.54, 1.807) is 14.2 Å². The van der Waals surface area contributed by atoms with Crippen LogP contribution < -0.4 is 15.2 Å². The number of nitrogens with two attached hydrogens (primary N) is 1. The maximum Gasteiger partial charge on any atom is 0.148 e. The van der Waals surface area contributed by atoms with Gasteiger partial charge in [0.2, 0.25) is 0 Å². The van der Waals surface area contributed by atoms with Gasteiger partial charge in [-0.2, -0.15) is 0 Å². The van der Waals surface area contributed by atoms with E-state index in [4.69, 9.17) is 19.9 Å². The number of nitrogen functional groups attached to an aromatic ring is 1. The average molecular weight is 237 g/mol. The third-order valence-electron chi connectivity index (χ3n) is 3.17. The minimum Gasteiger partial charge on any atom is -0.496 e. The minimum atomic E-state index is -0.0268. The summed E-state index contributed by atoms with van der Waals surface area (Å²) >= 11 is 0. The Hall–Kier alpha value is -1.42. The van der Waals surface area contributed by atoms with Gasteiger partial charge in [0, 0.05) is 23.6 Å². The topological polar surface area (TPSA) is 53.7 Å². The minimum absolute atomic E-state index is 0.0268. The summed E-state index contributed by atoms with van der Waals surface area (Å²) in [4.78, 5) is 0. The molecule has 0 saturated heterocycles. The molecule has 4 nitrogen and oxygen atoms in total. The Bertz CT molecular complexity index is 431. The van der Waals surface area contributed by atoms with Crippen molar-refractivity contribution in [2.75, 3.05) is 20.0 Å². The Morgan fingerprint density at radius 3 is 2.59 bits per heavy atom. The van der Waals surface area contributed by atoms with Crippen LogP contribution in [0.5, 0.6) is 11.5 Å². The molecule has 2 N–H and O–H groups in total. The van der Waals surface area contributed by atoms with Crippen LogP contribution in [-0.4, -0.2) is 20.3 Å². The van der Waals surface area contributed by atoms with Crippen LogP contribution >= 0.6 is 0 Å². The molecule has 0 radical (unpaired) electrons. The van der Waals surface area contributed by atoms with Crippen LogP contribution in [-0.2, 0) is 11.2 Å². The van der Waals surface area contributed by atoms with E-state index in [1.165, 1.54) is 0 Å². The van der Waals surface area contributed by atoms with Crippen molar-refractivity contribution in [3.63, 3.8) is 0 Å². The van der Waals surface area contributed by atoms with Crippen LogP contribution in [0.1, 0.15) is 31.1 Å². The second-order valence-corrected chi connectivity index (χ2v) is 4.39. The first kappa shape index (κ1) is 12.0. The van der Waals surface area contributed by atoms with Crippen molar-refractivity contribution < 1.29 is 14.2 Å². The Labute approximate surface area is 102 Å². The molecule has 0 aromatic heterocycles. The van der Waals surface area contributed by atoms with E-state index < -0.39 is 0 Å². The lowest BCUT2D eigenvalue weighted by atomic mass is 9.92. The molecule has 17 heavy (non-hydrogen) atoms. The van der Waals surface area contributed by atoms with Crippen molar-refractivity contribution in [1.29, 1.82) is 0 Å². The summed E-state index contributed by atoms with van der Waals surface area (Å²) in [5.74, 6) is 1.53. The maximum absolute atomic E-state index is 5.97. The lowest BCUT2D eigenvalue weighted by Gasteiger charge is -2.31. The first-order chi connectivity index (χ1) is 8.08. The molecule has 1 aromatic carbocycles. The number of fused-ring (bicyclic) bond motifs is 1. The zero-order valence-corrected chi connectivity index (χ0v) is 10.7. The number of benzene rings is 1. The van der Waals surface area contributed by atoms with Crippen molar-refractivity contribution >= 4 is 5.69 Å².